The van der Waals surface area contributed by atoms with Crippen LogP contribution in [0.15, 0.2) is 35.2 Å². The van der Waals surface area contributed by atoms with Gasteiger partial charge in [0.1, 0.15) is 0 Å². The summed E-state index contributed by atoms with van der Waals surface area (Å²) in [5.41, 5.74) is 2.44. The molecule has 0 saturated carbocycles. The second kappa shape index (κ2) is 8.33. The molecule has 1 aromatic carbocycles. The van der Waals surface area contributed by atoms with Gasteiger partial charge in [0.2, 0.25) is 10.0 Å². The molecule has 0 aliphatic rings. The van der Waals surface area contributed by atoms with E-state index in [0.717, 1.165) is 11.4 Å². The number of aryl methyl sites for hydroxylation is 2. The van der Waals surface area contributed by atoms with Gasteiger partial charge in [-0.2, -0.15) is 5.10 Å². The van der Waals surface area contributed by atoms with Gasteiger partial charge >= 0.3 is 6.09 Å². The third-order valence-electron chi connectivity index (χ3n) is 3.91. The summed E-state index contributed by atoms with van der Waals surface area (Å²) in [6.45, 7) is 6.20. The normalized spacial score (nSPS) is 12.6. The lowest BCUT2D eigenvalue weighted by Crippen LogP contribution is -2.26. The van der Waals surface area contributed by atoms with E-state index in [0.29, 0.717) is 18.7 Å². The first-order valence-electron chi connectivity index (χ1n) is 8.20. The molecule has 1 heterocycles. The van der Waals surface area contributed by atoms with Gasteiger partial charge in [-0.3, -0.25) is 10.00 Å². The Balaban J connectivity index is 1.94. The Morgan fingerprint density at radius 3 is 2.46 bits per heavy atom. The number of rotatable bonds is 7. The van der Waals surface area contributed by atoms with E-state index in [1.807, 2.05) is 31.5 Å². The van der Waals surface area contributed by atoms with Gasteiger partial charge in [-0.05, 0) is 57.5 Å². The number of nitrogens with one attached hydrogen (secondary N) is 2. The number of aromatic nitrogens is 2. The van der Waals surface area contributed by atoms with E-state index in [-0.39, 0.29) is 10.9 Å². The topological polar surface area (TPSA) is 102 Å². The number of carbonyl (C=O) groups excluding carboxylic acids is 1. The highest BCUT2D eigenvalue weighted by molar-refractivity contribution is 7.89. The number of benzene rings is 1. The fourth-order valence-corrected chi connectivity index (χ4v) is 3.63. The maximum Gasteiger partial charge on any atom is 0.411 e. The van der Waals surface area contributed by atoms with Crippen molar-refractivity contribution in [2.45, 2.75) is 38.1 Å². The minimum atomic E-state index is -3.62. The van der Waals surface area contributed by atoms with E-state index >= 15 is 0 Å². The lowest BCUT2D eigenvalue weighted by molar-refractivity contribution is 0.187. The van der Waals surface area contributed by atoms with E-state index in [1.54, 1.807) is 0 Å². The van der Waals surface area contributed by atoms with Gasteiger partial charge < -0.3 is 4.74 Å². The molecule has 2 rings (SSSR count). The van der Waals surface area contributed by atoms with Gasteiger partial charge in [-0.25, -0.2) is 17.9 Å². The summed E-state index contributed by atoms with van der Waals surface area (Å²) in [7, 11) is -2.36. The van der Waals surface area contributed by atoms with Crippen LogP contribution in [0.3, 0.4) is 0 Å². The predicted molar refractivity (Wildman–Crippen MR) is 98.7 cm³/mol. The molecule has 1 aromatic heterocycles. The van der Waals surface area contributed by atoms with Crippen LogP contribution in [-0.4, -0.2) is 37.9 Å². The van der Waals surface area contributed by atoms with E-state index in [4.69, 9.17) is 0 Å². The Morgan fingerprint density at radius 2 is 1.92 bits per heavy atom. The molecular weight excluding hydrogens is 356 g/mol. The summed E-state index contributed by atoms with van der Waals surface area (Å²) >= 11 is 0. The highest BCUT2D eigenvalue weighted by Gasteiger charge is 2.15. The second-order valence-electron chi connectivity index (χ2n) is 6.05. The van der Waals surface area contributed by atoms with Crippen molar-refractivity contribution in [3.63, 3.8) is 0 Å². The largest absolute Gasteiger partial charge is 0.453 e. The molecule has 0 unspecified atom stereocenters. The quantitative estimate of drug-likeness (QED) is 0.769. The standard InChI is InChI=1S/C17H24N4O4S/c1-12-11-14(3)21(20-12)13(2)9-10-18-26(23,24)16-7-5-15(6-8-16)19-17(22)25-4/h5-8,11,13,18H,9-10H2,1-4H3,(H,19,22)/t13-/m0/s1. The van der Waals surface area contributed by atoms with Crippen molar-refractivity contribution in [2.24, 2.45) is 0 Å². The van der Waals surface area contributed by atoms with Crippen molar-refractivity contribution in [1.29, 1.82) is 0 Å². The number of hydrogen-bond donors (Lipinski definition) is 2. The molecule has 0 saturated heterocycles. The Hall–Kier alpha value is -2.39. The number of ether oxygens (including phenoxy) is 1. The zero-order chi connectivity index (χ0) is 19.3. The molecule has 0 aliphatic heterocycles. The highest BCUT2D eigenvalue weighted by atomic mass is 32.2. The molecule has 0 fully saturated rings. The fraction of sp³-hybridized carbons (Fsp3) is 0.412. The zero-order valence-electron chi connectivity index (χ0n) is 15.3. The molecule has 142 valence electrons. The van der Waals surface area contributed by atoms with Gasteiger partial charge in [0.05, 0.1) is 23.7 Å². The van der Waals surface area contributed by atoms with Crippen LogP contribution in [-0.2, 0) is 14.8 Å². The third-order valence-corrected chi connectivity index (χ3v) is 5.39. The molecule has 26 heavy (non-hydrogen) atoms. The number of nitrogens with zero attached hydrogens (tertiary/aromatic N) is 2. The van der Waals surface area contributed by atoms with Crippen molar-refractivity contribution in [2.75, 3.05) is 19.0 Å². The monoisotopic (exact) mass is 380 g/mol. The molecule has 0 spiro atoms. The van der Waals surface area contributed by atoms with Gasteiger partial charge in [-0.1, -0.05) is 0 Å². The molecule has 8 nitrogen and oxygen atoms in total. The zero-order valence-corrected chi connectivity index (χ0v) is 16.1. The summed E-state index contributed by atoms with van der Waals surface area (Å²) in [6, 6.07) is 7.94. The Labute approximate surface area is 153 Å². The molecule has 0 bridgehead atoms. The number of hydrogen-bond acceptors (Lipinski definition) is 5. The molecule has 9 heteroatoms. The molecule has 1 atom stereocenters. The highest BCUT2D eigenvalue weighted by Crippen LogP contribution is 2.16. The summed E-state index contributed by atoms with van der Waals surface area (Å²) in [5.74, 6) is 0. The Morgan fingerprint density at radius 1 is 1.27 bits per heavy atom. The first-order chi connectivity index (χ1) is 12.2. The first kappa shape index (κ1) is 19.9. The molecule has 2 N–H and O–H groups in total. The summed E-state index contributed by atoms with van der Waals surface area (Å²) in [4.78, 5) is 11.3. The Kier molecular flexibility index (Phi) is 6.38. The molecule has 0 aliphatic carbocycles. The predicted octanol–water partition coefficient (Wildman–Crippen LogP) is 2.61. The van der Waals surface area contributed by atoms with Crippen LogP contribution in [0.25, 0.3) is 0 Å². The second-order valence-corrected chi connectivity index (χ2v) is 7.82. The van der Waals surface area contributed by atoms with Gasteiger partial charge in [0.25, 0.3) is 0 Å². The first-order valence-corrected chi connectivity index (χ1v) is 9.68. The van der Waals surface area contributed by atoms with Crippen molar-refractivity contribution < 1.29 is 17.9 Å². The molecule has 2 aromatic rings. The summed E-state index contributed by atoms with van der Waals surface area (Å²) in [6.07, 6.45) is 0.000248. The smallest absolute Gasteiger partial charge is 0.411 e. The lowest BCUT2D eigenvalue weighted by Gasteiger charge is -2.15. The number of anilines is 1. The van der Waals surface area contributed by atoms with Crippen molar-refractivity contribution in [1.82, 2.24) is 14.5 Å². The van der Waals surface area contributed by atoms with Crippen LogP contribution < -0.4 is 10.0 Å². The minimum Gasteiger partial charge on any atom is -0.453 e. The number of carbonyl (C=O) groups is 1. The van der Waals surface area contributed by atoms with Crippen LogP contribution in [0, 0.1) is 13.8 Å². The lowest BCUT2D eigenvalue weighted by atomic mass is 10.2. The van der Waals surface area contributed by atoms with Gasteiger partial charge in [0.15, 0.2) is 0 Å². The number of amides is 1. The summed E-state index contributed by atoms with van der Waals surface area (Å²) < 4.78 is 33.7. The fourth-order valence-electron chi connectivity index (χ4n) is 2.59. The van der Waals surface area contributed by atoms with E-state index in [1.165, 1.54) is 31.4 Å². The average Bonchev–Trinajstić information content (AvgIpc) is 2.93. The Bertz CT molecular complexity index is 859. The van der Waals surface area contributed by atoms with Crippen LogP contribution in [0.5, 0.6) is 0 Å². The van der Waals surface area contributed by atoms with Crippen LogP contribution in [0.1, 0.15) is 30.8 Å². The molecule has 1 amide bonds. The van der Waals surface area contributed by atoms with Crippen molar-refractivity contribution in [3.8, 4) is 0 Å². The van der Waals surface area contributed by atoms with E-state index in [9.17, 15) is 13.2 Å². The van der Waals surface area contributed by atoms with Crippen LogP contribution in [0.4, 0.5) is 10.5 Å². The third kappa shape index (κ3) is 5.06. The minimum absolute atomic E-state index is 0.0815. The SMILES string of the molecule is COC(=O)Nc1ccc(S(=O)(=O)NCC[C@H](C)n2nc(C)cc2C)cc1. The number of methoxy groups -OCH3 is 1. The van der Waals surface area contributed by atoms with Gasteiger partial charge in [0, 0.05) is 17.9 Å². The van der Waals surface area contributed by atoms with E-state index < -0.39 is 16.1 Å². The van der Waals surface area contributed by atoms with Crippen molar-refractivity contribution in [3.05, 3.63) is 41.7 Å². The summed E-state index contributed by atoms with van der Waals surface area (Å²) in [5, 5.41) is 6.89. The maximum absolute atomic E-state index is 12.4. The van der Waals surface area contributed by atoms with Crippen molar-refractivity contribution >= 4 is 21.8 Å². The average molecular weight is 380 g/mol. The molecular formula is C17H24N4O4S. The van der Waals surface area contributed by atoms with Crippen LogP contribution in [0.2, 0.25) is 0 Å². The van der Waals surface area contributed by atoms with E-state index in [2.05, 4.69) is 19.9 Å². The molecule has 0 radical (unpaired) electrons. The maximum atomic E-state index is 12.4. The number of sulfonamides is 1. The van der Waals surface area contributed by atoms with Gasteiger partial charge in [-0.15, -0.1) is 0 Å². The van der Waals surface area contributed by atoms with Crippen LogP contribution >= 0.6 is 0 Å².